The molecule has 0 spiro atoms. The lowest BCUT2D eigenvalue weighted by atomic mass is 10.2. The average Bonchev–Trinajstić information content (AvgIpc) is 2.37. The first-order chi connectivity index (χ1) is 9.08. The zero-order chi connectivity index (χ0) is 13.8. The van der Waals surface area contributed by atoms with Gasteiger partial charge in [-0.05, 0) is 18.2 Å². The van der Waals surface area contributed by atoms with Crippen molar-refractivity contribution in [3.8, 4) is 0 Å². The van der Waals surface area contributed by atoms with Crippen molar-refractivity contribution in [3.63, 3.8) is 0 Å². The minimum absolute atomic E-state index is 0.0597. The lowest BCUT2D eigenvalue weighted by Gasteiger charge is -2.05. The van der Waals surface area contributed by atoms with E-state index in [2.05, 4.69) is 4.98 Å². The summed E-state index contributed by atoms with van der Waals surface area (Å²) in [5, 5.41) is 11.4. The molecule has 5 nitrogen and oxygen atoms in total. The summed E-state index contributed by atoms with van der Waals surface area (Å²) in [7, 11) is 0. The highest BCUT2D eigenvalue weighted by Crippen LogP contribution is 2.31. The van der Waals surface area contributed by atoms with Crippen molar-refractivity contribution >= 4 is 34.7 Å². The van der Waals surface area contributed by atoms with Crippen LogP contribution in [0.25, 0.3) is 0 Å². The Morgan fingerprint density at radius 1 is 1.42 bits per heavy atom. The molecule has 0 bridgehead atoms. The topological polar surface area (TPSA) is 82.0 Å². The molecule has 7 heteroatoms. The lowest BCUT2D eigenvalue weighted by molar-refractivity contribution is -0.385. The molecule has 0 aliphatic carbocycles. The van der Waals surface area contributed by atoms with Gasteiger partial charge in [-0.1, -0.05) is 11.6 Å². The number of nitrogens with zero attached hydrogens (tertiary/aromatic N) is 2. The molecule has 1 heterocycles. The highest BCUT2D eigenvalue weighted by Gasteiger charge is 2.14. The molecule has 0 saturated heterocycles. The molecule has 0 saturated carbocycles. The van der Waals surface area contributed by atoms with Gasteiger partial charge >= 0.3 is 0 Å². The van der Waals surface area contributed by atoms with Gasteiger partial charge in [0.2, 0.25) is 0 Å². The molecule has 1 aromatic heterocycles. The van der Waals surface area contributed by atoms with Gasteiger partial charge in [0.15, 0.2) is 0 Å². The molecular formula is C12H10ClN3O2S. The van der Waals surface area contributed by atoms with E-state index in [0.717, 1.165) is 4.90 Å². The Bertz CT molecular complexity index is 622. The fourth-order valence-corrected chi connectivity index (χ4v) is 2.64. The number of aromatic nitrogens is 1. The van der Waals surface area contributed by atoms with E-state index in [9.17, 15) is 10.1 Å². The predicted molar refractivity (Wildman–Crippen MR) is 76.3 cm³/mol. The third kappa shape index (κ3) is 3.36. The Morgan fingerprint density at radius 2 is 2.21 bits per heavy atom. The van der Waals surface area contributed by atoms with Crippen molar-refractivity contribution in [2.24, 2.45) is 0 Å². The van der Waals surface area contributed by atoms with Gasteiger partial charge in [0, 0.05) is 33.5 Å². The van der Waals surface area contributed by atoms with E-state index >= 15 is 0 Å². The van der Waals surface area contributed by atoms with Crippen molar-refractivity contribution in [2.75, 3.05) is 5.73 Å². The molecule has 0 aliphatic heterocycles. The van der Waals surface area contributed by atoms with E-state index in [0.29, 0.717) is 22.0 Å². The molecule has 2 N–H and O–H groups in total. The zero-order valence-corrected chi connectivity index (χ0v) is 11.3. The fraction of sp³-hybridized carbons (Fsp3) is 0.0833. The van der Waals surface area contributed by atoms with Crippen molar-refractivity contribution < 1.29 is 4.92 Å². The van der Waals surface area contributed by atoms with Crippen molar-refractivity contribution in [3.05, 3.63) is 57.4 Å². The maximum Gasteiger partial charge on any atom is 0.273 e. The summed E-state index contributed by atoms with van der Waals surface area (Å²) in [5.41, 5.74) is 6.95. The van der Waals surface area contributed by atoms with Gasteiger partial charge < -0.3 is 5.73 Å². The van der Waals surface area contributed by atoms with Crippen LogP contribution in [0, 0.1) is 10.1 Å². The van der Waals surface area contributed by atoms with E-state index in [1.807, 2.05) is 0 Å². The summed E-state index contributed by atoms with van der Waals surface area (Å²) < 4.78 is 0. The Labute approximate surface area is 118 Å². The smallest absolute Gasteiger partial charge is 0.273 e. The second-order valence-electron chi connectivity index (χ2n) is 3.73. The molecule has 0 unspecified atom stereocenters. The quantitative estimate of drug-likeness (QED) is 0.530. The number of hydrogen-bond donors (Lipinski definition) is 1. The molecule has 98 valence electrons. The summed E-state index contributed by atoms with van der Waals surface area (Å²) in [6.45, 7) is 0. The molecule has 0 atom stereocenters. The van der Waals surface area contributed by atoms with E-state index in [-0.39, 0.29) is 5.69 Å². The SMILES string of the molecule is Nc1cnccc1SCc1cc(Cl)ccc1[N+](=O)[O-]. The van der Waals surface area contributed by atoms with Crippen LogP contribution >= 0.6 is 23.4 Å². The van der Waals surface area contributed by atoms with Crippen molar-refractivity contribution in [1.82, 2.24) is 4.98 Å². The first kappa shape index (κ1) is 13.6. The summed E-state index contributed by atoms with van der Waals surface area (Å²) in [4.78, 5) is 15.2. The predicted octanol–water partition coefficient (Wildman–Crippen LogP) is 3.52. The van der Waals surface area contributed by atoms with Crippen molar-refractivity contribution in [2.45, 2.75) is 10.6 Å². The number of thioether (sulfide) groups is 1. The van der Waals surface area contributed by atoms with E-state index < -0.39 is 4.92 Å². The maximum absolute atomic E-state index is 10.9. The Kier molecular flexibility index (Phi) is 4.24. The second kappa shape index (κ2) is 5.90. The number of nitrogens with two attached hydrogens (primary N) is 1. The number of benzene rings is 1. The first-order valence-electron chi connectivity index (χ1n) is 5.33. The Morgan fingerprint density at radius 3 is 2.89 bits per heavy atom. The Balaban J connectivity index is 2.22. The van der Waals surface area contributed by atoms with Crippen LogP contribution in [0.2, 0.25) is 5.02 Å². The van der Waals surface area contributed by atoms with E-state index in [1.165, 1.54) is 23.9 Å². The molecule has 2 rings (SSSR count). The van der Waals surface area contributed by atoms with Crippen LogP contribution in [0.4, 0.5) is 11.4 Å². The summed E-state index contributed by atoms with van der Waals surface area (Å²) in [6, 6.07) is 6.29. The molecule has 19 heavy (non-hydrogen) atoms. The van der Waals surface area contributed by atoms with E-state index in [4.69, 9.17) is 17.3 Å². The zero-order valence-electron chi connectivity index (χ0n) is 9.75. The van der Waals surface area contributed by atoms with Gasteiger partial charge in [-0.3, -0.25) is 15.1 Å². The Hall–Kier alpha value is -1.79. The van der Waals surface area contributed by atoms with Crippen LogP contribution in [0.3, 0.4) is 0 Å². The number of nitro benzene ring substituents is 1. The number of nitro groups is 1. The van der Waals surface area contributed by atoms with Crippen LogP contribution in [-0.4, -0.2) is 9.91 Å². The van der Waals surface area contributed by atoms with E-state index in [1.54, 1.807) is 24.5 Å². The highest BCUT2D eigenvalue weighted by atomic mass is 35.5. The van der Waals surface area contributed by atoms with Gasteiger partial charge in [0.25, 0.3) is 5.69 Å². The second-order valence-corrected chi connectivity index (χ2v) is 5.19. The van der Waals surface area contributed by atoms with Crippen molar-refractivity contribution in [1.29, 1.82) is 0 Å². The molecule has 1 aromatic carbocycles. The fourth-order valence-electron chi connectivity index (χ4n) is 1.53. The molecule has 2 aromatic rings. The minimum Gasteiger partial charge on any atom is -0.397 e. The van der Waals surface area contributed by atoms with Gasteiger partial charge in [0.1, 0.15) is 0 Å². The number of nitrogen functional groups attached to an aromatic ring is 1. The summed E-state index contributed by atoms with van der Waals surface area (Å²) in [6.07, 6.45) is 3.18. The van der Waals surface area contributed by atoms with Gasteiger partial charge in [-0.25, -0.2) is 0 Å². The highest BCUT2D eigenvalue weighted by molar-refractivity contribution is 7.98. The maximum atomic E-state index is 10.9. The number of pyridine rings is 1. The van der Waals surface area contributed by atoms with Crippen LogP contribution < -0.4 is 5.73 Å². The normalized spacial score (nSPS) is 10.4. The lowest BCUT2D eigenvalue weighted by Crippen LogP contribution is -1.95. The van der Waals surface area contributed by atoms with Crippen LogP contribution in [0.15, 0.2) is 41.6 Å². The largest absolute Gasteiger partial charge is 0.397 e. The molecular weight excluding hydrogens is 286 g/mol. The molecule has 0 radical (unpaired) electrons. The van der Waals surface area contributed by atoms with Crippen LogP contribution in [0.1, 0.15) is 5.56 Å². The average molecular weight is 296 g/mol. The van der Waals surface area contributed by atoms with Gasteiger partial charge in [-0.15, -0.1) is 11.8 Å². The molecule has 0 fully saturated rings. The molecule has 0 aliphatic rings. The standard InChI is InChI=1S/C12H10ClN3O2S/c13-9-1-2-11(16(17)18)8(5-9)7-19-12-3-4-15-6-10(12)14/h1-6H,7,14H2. The third-order valence-corrected chi connectivity index (χ3v) is 3.80. The van der Waals surface area contributed by atoms with Gasteiger partial charge in [-0.2, -0.15) is 0 Å². The van der Waals surface area contributed by atoms with Crippen LogP contribution in [0.5, 0.6) is 0 Å². The minimum atomic E-state index is -0.415. The molecule has 0 amide bonds. The first-order valence-corrected chi connectivity index (χ1v) is 6.69. The third-order valence-electron chi connectivity index (χ3n) is 2.43. The number of anilines is 1. The monoisotopic (exact) mass is 295 g/mol. The summed E-state index contributed by atoms with van der Waals surface area (Å²) in [5.74, 6) is 0.422. The number of rotatable bonds is 4. The number of hydrogen-bond acceptors (Lipinski definition) is 5. The van der Waals surface area contributed by atoms with Crippen LogP contribution in [-0.2, 0) is 5.75 Å². The summed E-state index contributed by atoms with van der Waals surface area (Å²) >= 11 is 7.28. The van der Waals surface area contributed by atoms with Gasteiger partial charge in [0.05, 0.1) is 16.8 Å². The number of halogens is 1.